The Morgan fingerprint density at radius 3 is 2.36 bits per heavy atom. The van der Waals surface area contributed by atoms with Crippen molar-refractivity contribution in [2.75, 3.05) is 19.8 Å². The first-order valence-electron chi connectivity index (χ1n) is 5.41. The lowest BCUT2D eigenvalue weighted by molar-refractivity contribution is 0.130. The molecule has 3 nitrogen and oxygen atoms in total. The number of amidine groups is 1. The number of nitrogens with zero attached hydrogens (tertiary/aromatic N) is 1. The van der Waals surface area contributed by atoms with Crippen molar-refractivity contribution in [1.82, 2.24) is 0 Å². The molecule has 0 aromatic carbocycles. The predicted molar refractivity (Wildman–Crippen MR) is 61.6 cm³/mol. The average Bonchev–Trinajstić information content (AvgIpc) is 2.09. The molecule has 0 saturated heterocycles. The lowest BCUT2D eigenvalue weighted by Crippen LogP contribution is -2.19. The lowest BCUT2D eigenvalue weighted by atomic mass is 10.1. The van der Waals surface area contributed by atoms with Crippen LogP contribution < -0.4 is 5.73 Å². The molecule has 0 aromatic heterocycles. The maximum Gasteiger partial charge on any atom is 0.0963 e. The zero-order valence-electron chi connectivity index (χ0n) is 9.92. The molecule has 14 heavy (non-hydrogen) atoms. The van der Waals surface area contributed by atoms with E-state index in [2.05, 4.69) is 18.8 Å². The van der Waals surface area contributed by atoms with E-state index in [-0.39, 0.29) is 0 Å². The SMILES string of the molecule is CC(C)CCOCCN=C(N)C(C)C. The third-order valence-corrected chi connectivity index (χ3v) is 1.96. The van der Waals surface area contributed by atoms with Gasteiger partial charge in [0, 0.05) is 12.5 Å². The molecule has 0 aliphatic carbocycles. The van der Waals surface area contributed by atoms with Crippen LogP contribution in [0.25, 0.3) is 0 Å². The summed E-state index contributed by atoms with van der Waals surface area (Å²) in [5.74, 6) is 1.77. The smallest absolute Gasteiger partial charge is 0.0963 e. The van der Waals surface area contributed by atoms with Gasteiger partial charge in [0.2, 0.25) is 0 Å². The van der Waals surface area contributed by atoms with Crippen molar-refractivity contribution in [3.63, 3.8) is 0 Å². The summed E-state index contributed by atoms with van der Waals surface area (Å²) in [6.07, 6.45) is 1.11. The molecule has 0 aromatic rings. The van der Waals surface area contributed by atoms with Crippen LogP contribution in [0.2, 0.25) is 0 Å². The number of nitrogens with two attached hydrogens (primary N) is 1. The molecule has 0 unspecified atom stereocenters. The van der Waals surface area contributed by atoms with Crippen LogP contribution in [0.5, 0.6) is 0 Å². The van der Waals surface area contributed by atoms with E-state index in [1.165, 1.54) is 0 Å². The summed E-state index contributed by atoms with van der Waals surface area (Å²) in [6.45, 7) is 10.7. The molecular formula is C11H24N2O. The van der Waals surface area contributed by atoms with E-state index in [0.29, 0.717) is 25.0 Å². The van der Waals surface area contributed by atoms with Gasteiger partial charge in [-0.3, -0.25) is 4.99 Å². The molecule has 0 bridgehead atoms. The van der Waals surface area contributed by atoms with Crippen molar-refractivity contribution in [3.05, 3.63) is 0 Å². The molecule has 0 heterocycles. The van der Waals surface area contributed by atoms with Crippen molar-refractivity contribution in [2.24, 2.45) is 22.6 Å². The quantitative estimate of drug-likeness (QED) is 0.388. The minimum absolute atomic E-state index is 0.339. The predicted octanol–water partition coefficient (Wildman–Crippen LogP) is 2.06. The lowest BCUT2D eigenvalue weighted by Gasteiger charge is -2.06. The number of hydrogen-bond acceptors (Lipinski definition) is 2. The third kappa shape index (κ3) is 8.05. The van der Waals surface area contributed by atoms with E-state index < -0.39 is 0 Å². The van der Waals surface area contributed by atoms with E-state index in [4.69, 9.17) is 10.5 Å². The van der Waals surface area contributed by atoms with Gasteiger partial charge in [-0.25, -0.2) is 0 Å². The number of hydrogen-bond donors (Lipinski definition) is 1. The summed E-state index contributed by atoms with van der Waals surface area (Å²) in [4.78, 5) is 4.21. The second kappa shape index (κ2) is 7.80. The van der Waals surface area contributed by atoms with E-state index >= 15 is 0 Å². The summed E-state index contributed by atoms with van der Waals surface area (Å²) in [7, 11) is 0. The Morgan fingerprint density at radius 1 is 1.21 bits per heavy atom. The topological polar surface area (TPSA) is 47.6 Å². The van der Waals surface area contributed by atoms with Gasteiger partial charge in [0.25, 0.3) is 0 Å². The van der Waals surface area contributed by atoms with Gasteiger partial charge in [-0.2, -0.15) is 0 Å². The molecular weight excluding hydrogens is 176 g/mol. The van der Waals surface area contributed by atoms with Crippen LogP contribution in [0.15, 0.2) is 4.99 Å². The molecule has 0 aliphatic heterocycles. The van der Waals surface area contributed by atoms with Gasteiger partial charge in [0.1, 0.15) is 0 Å². The highest BCUT2D eigenvalue weighted by molar-refractivity contribution is 5.82. The highest BCUT2D eigenvalue weighted by atomic mass is 16.5. The van der Waals surface area contributed by atoms with Crippen LogP contribution in [0.1, 0.15) is 34.1 Å². The monoisotopic (exact) mass is 200 g/mol. The Bertz CT molecular complexity index is 165. The van der Waals surface area contributed by atoms with Crippen molar-refractivity contribution in [1.29, 1.82) is 0 Å². The zero-order valence-corrected chi connectivity index (χ0v) is 9.92. The Balaban J connectivity index is 3.33. The minimum Gasteiger partial charge on any atom is -0.387 e. The highest BCUT2D eigenvalue weighted by Gasteiger charge is 1.97. The molecule has 0 spiro atoms. The molecule has 2 N–H and O–H groups in total. The molecule has 0 aliphatic rings. The van der Waals surface area contributed by atoms with Crippen LogP contribution in [-0.4, -0.2) is 25.6 Å². The van der Waals surface area contributed by atoms with Crippen LogP contribution in [0.4, 0.5) is 0 Å². The fraction of sp³-hybridized carbons (Fsp3) is 0.909. The zero-order chi connectivity index (χ0) is 11.0. The van der Waals surface area contributed by atoms with Crippen LogP contribution in [-0.2, 0) is 4.74 Å². The summed E-state index contributed by atoms with van der Waals surface area (Å²) in [5.41, 5.74) is 5.67. The van der Waals surface area contributed by atoms with Crippen LogP contribution in [0.3, 0.4) is 0 Å². The van der Waals surface area contributed by atoms with Crippen molar-refractivity contribution >= 4 is 5.84 Å². The van der Waals surface area contributed by atoms with Gasteiger partial charge in [-0.15, -0.1) is 0 Å². The third-order valence-electron chi connectivity index (χ3n) is 1.96. The van der Waals surface area contributed by atoms with Crippen LogP contribution >= 0.6 is 0 Å². The fourth-order valence-electron chi connectivity index (χ4n) is 0.843. The van der Waals surface area contributed by atoms with Gasteiger partial charge in [0.05, 0.1) is 19.0 Å². The standard InChI is InChI=1S/C11H24N2O/c1-9(2)5-7-14-8-6-13-11(12)10(3)4/h9-10H,5-8H2,1-4H3,(H2,12,13). The highest BCUT2D eigenvalue weighted by Crippen LogP contribution is 1.98. The Hall–Kier alpha value is -0.570. The van der Waals surface area contributed by atoms with Gasteiger partial charge < -0.3 is 10.5 Å². The van der Waals surface area contributed by atoms with E-state index in [9.17, 15) is 0 Å². The largest absolute Gasteiger partial charge is 0.387 e. The molecule has 3 heteroatoms. The molecule has 0 radical (unpaired) electrons. The molecule has 0 atom stereocenters. The minimum atomic E-state index is 0.339. The van der Waals surface area contributed by atoms with Gasteiger partial charge in [-0.1, -0.05) is 27.7 Å². The van der Waals surface area contributed by atoms with E-state index in [0.717, 1.165) is 18.9 Å². The van der Waals surface area contributed by atoms with Crippen molar-refractivity contribution in [2.45, 2.75) is 34.1 Å². The average molecular weight is 200 g/mol. The first-order chi connectivity index (χ1) is 6.54. The first kappa shape index (κ1) is 13.4. The van der Waals surface area contributed by atoms with Crippen molar-refractivity contribution in [3.8, 4) is 0 Å². The summed E-state index contributed by atoms with van der Waals surface area (Å²) < 4.78 is 5.41. The summed E-state index contributed by atoms with van der Waals surface area (Å²) >= 11 is 0. The maximum atomic E-state index is 5.67. The second-order valence-corrected chi connectivity index (χ2v) is 4.26. The number of ether oxygens (including phenoxy) is 1. The Morgan fingerprint density at radius 2 is 1.86 bits per heavy atom. The molecule has 0 amide bonds. The maximum absolute atomic E-state index is 5.67. The van der Waals surface area contributed by atoms with E-state index in [1.54, 1.807) is 0 Å². The second-order valence-electron chi connectivity index (χ2n) is 4.26. The van der Waals surface area contributed by atoms with Gasteiger partial charge in [0.15, 0.2) is 0 Å². The summed E-state index contributed by atoms with van der Waals surface area (Å²) in [6, 6.07) is 0. The molecule has 0 fully saturated rings. The fourth-order valence-corrected chi connectivity index (χ4v) is 0.843. The van der Waals surface area contributed by atoms with Crippen molar-refractivity contribution < 1.29 is 4.74 Å². The molecule has 0 rings (SSSR count). The molecule has 84 valence electrons. The van der Waals surface area contributed by atoms with Crippen LogP contribution in [0, 0.1) is 11.8 Å². The normalized spacial score (nSPS) is 12.9. The molecule has 0 saturated carbocycles. The number of rotatable bonds is 7. The summed E-state index contributed by atoms with van der Waals surface area (Å²) in [5, 5.41) is 0. The Kier molecular flexibility index (Phi) is 7.48. The van der Waals surface area contributed by atoms with Gasteiger partial charge >= 0.3 is 0 Å². The van der Waals surface area contributed by atoms with Gasteiger partial charge in [-0.05, 0) is 12.3 Å². The number of aliphatic imine (C=N–C) groups is 1. The Labute approximate surface area is 87.7 Å². The first-order valence-corrected chi connectivity index (χ1v) is 5.41. The van der Waals surface area contributed by atoms with E-state index in [1.807, 2.05) is 13.8 Å².